The molecule has 0 amide bonds. The van der Waals surface area contributed by atoms with E-state index >= 15 is 0 Å². The van der Waals surface area contributed by atoms with Gasteiger partial charge >= 0.3 is 0 Å². The van der Waals surface area contributed by atoms with Gasteiger partial charge in [-0.3, -0.25) is 0 Å². The third-order valence-corrected chi connectivity index (χ3v) is 2.14. The van der Waals surface area contributed by atoms with Crippen molar-refractivity contribution in [3.05, 3.63) is 0 Å². The first-order valence-electron chi connectivity index (χ1n) is 5.21. The zero-order valence-corrected chi connectivity index (χ0v) is 10.2. The molecule has 1 N–H and O–H groups in total. The molecule has 1 unspecified atom stereocenters. The molecule has 0 bridgehead atoms. The Balaban J connectivity index is 3.77. The predicted molar refractivity (Wildman–Crippen MR) is 63.2 cm³/mol. The minimum atomic E-state index is 0.356. The molecule has 0 aliphatic rings. The average Bonchev–Trinajstić information content (AvgIpc) is 2.01. The Hall–Kier alpha value is -0.520. The Bertz CT molecular complexity index is 185. The van der Waals surface area contributed by atoms with Gasteiger partial charge in [-0.2, -0.15) is 0 Å². The van der Waals surface area contributed by atoms with E-state index in [0.717, 1.165) is 13.1 Å². The third kappa shape index (κ3) is 6.94. The maximum Gasteiger partial charge on any atom is 0.0574 e. The molecule has 1 atom stereocenters. The first-order chi connectivity index (χ1) is 6.37. The highest BCUT2D eigenvalue weighted by atomic mass is 15.1. The number of nitrogens with one attached hydrogen (secondary N) is 1. The Kier molecular flexibility index (Phi) is 5.83. The van der Waals surface area contributed by atoms with E-state index in [1.807, 2.05) is 0 Å². The highest BCUT2D eigenvalue weighted by Crippen LogP contribution is 2.15. The van der Waals surface area contributed by atoms with Crippen molar-refractivity contribution in [1.29, 1.82) is 0 Å². The van der Waals surface area contributed by atoms with Crippen LogP contribution in [0.25, 0.3) is 0 Å². The molecule has 0 rings (SSSR count). The van der Waals surface area contributed by atoms with E-state index in [0.29, 0.717) is 18.0 Å². The summed E-state index contributed by atoms with van der Waals surface area (Å²) in [6.07, 6.45) is 5.17. The van der Waals surface area contributed by atoms with Crippen molar-refractivity contribution in [3.8, 4) is 12.3 Å². The number of terminal acetylenes is 1. The van der Waals surface area contributed by atoms with Gasteiger partial charge in [-0.25, -0.2) is 0 Å². The third-order valence-electron chi connectivity index (χ3n) is 2.14. The van der Waals surface area contributed by atoms with Gasteiger partial charge in [0.25, 0.3) is 0 Å². The first-order valence-corrected chi connectivity index (χ1v) is 5.21. The van der Waals surface area contributed by atoms with E-state index in [9.17, 15) is 0 Å². The quantitative estimate of drug-likeness (QED) is 0.530. The minimum absolute atomic E-state index is 0.356. The fraction of sp³-hybridized carbons (Fsp3) is 0.833. The summed E-state index contributed by atoms with van der Waals surface area (Å²) >= 11 is 0. The van der Waals surface area contributed by atoms with Crippen molar-refractivity contribution in [3.63, 3.8) is 0 Å². The molecule has 0 heterocycles. The molecule has 0 aromatic heterocycles. The molecule has 14 heavy (non-hydrogen) atoms. The van der Waals surface area contributed by atoms with Crippen molar-refractivity contribution >= 4 is 0 Å². The second-order valence-corrected chi connectivity index (χ2v) is 5.16. The van der Waals surface area contributed by atoms with Gasteiger partial charge in [0.2, 0.25) is 0 Å². The summed E-state index contributed by atoms with van der Waals surface area (Å²) in [6, 6.07) is 0.530. The maximum absolute atomic E-state index is 5.17. The Labute approximate surface area is 89.1 Å². The molecule has 0 saturated heterocycles. The van der Waals surface area contributed by atoms with Gasteiger partial charge in [0, 0.05) is 19.1 Å². The van der Waals surface area contributed by atoms with Crippen molar-refractivity contribution in [2.45, 2.75) is 33.7 Å². The van der Waals surface area contributed by atoms with Gasteiger partial charge in [0.05, 0.1) is 6.54 Å². The lowest BCUT2D eigenvalue weighted by atomic mass is 9.96. The lowest BCUT2D eigenvalue weighted by Gasteiger charge is -2.31. The van der Waals surface area contributed by atoms with E-state index in [-0.39, 0.29) is 0 Å². The summed E-state index contributed by atoms with van der Waals surface area (Å²) in [5, 5.41) is 3.22. The standard InChI is InChI=1S/C12H24N2/c1-7-8-13-9-11(2)14(6)10-12(3,4)5/h1,11,13H,8-10H2,2-6H3. The number of likely N-dealkylation sites (N-methyl/N-ethyl adjacent to an activating group) is 1. The SMILES string of the molecule is C#CCNCC(C)N(C)CC(C)(C)C. The molecule has 82 valence electrons. The molecule has 0 radical (unpaired) electrons. The fourth-order valence-electron chi connectivity index (χ4n) is 1.41. The van der Waals surface area contributed by atoms with E-state index in [2.05, 4.69) is 50.9 Å². The summed E-state index contributed by atoms with van der Waals surface area (Å²) in [5.74, 6) is 2.58. The monoisotopic (exact) mass is 196 g/mol. The molecule has 2 heteroatoms. The number of rotatable bonds is 5. The summed E-state index contributed by atoms with van der Waals surface area (Å²) in [7, 11) is 2.16. The number of hydrogen-bond donors (Lipinski definition) is 1. The van der Waals surface area contributed by atoms with Crippen LogP contribution < -0.4 is 5.32 Å². The van der Waals surface area contributed by atoms with E-state index < -0.39 is 0 Å². The molecule has 0 spiro atoms. The van der Waals surface area contributed by atoms with Crippen LogP contribution in [0, 0.1) is 17.8 Å². The Morgan fingerprint density at radius 1 is 1.43 bits per heavy atom. The normalized spacial score (nSPS) is 14.1. The van der Waals surface area contributed by atoms with Crippen molar-refractivity contribution in [2.24, 2.45) is 5.41 Å². The van der Waals surface area contributed by atoms with Gasteiger partial charge in [-0.05, 0) is 19.4 Å². The Morgan fingerprint density at radius 3 is 2.43 bits per heavy atom. The van der Waals surface area contributed by atoms with Crippen LogP contribution in [0.5, 0.6) is 0 Å². The second kappa shape index (κ2) is 6.06. The molecular formula is C12H24N2. The van der Waals surface area contributed by atoms with Crippen LogP contribution in [0.2, 0.25) is 0 Å². The summed E-state index contributed by atoms with van der Waals surface area (Å²) in [5.41, 5.74) is 0.356. The van der Waals surface area contributed by atoms with Crippen molar-refractivity contribution in [1.82, 2.24) is 10.2 Å². The zero-order chi connectivity index (χ0) is 11.2. The van der Waals surface area contributed by atoms with E-state index in [1.165, 1.54) is 0 Å². The highest BCUT2D eigenvalue weighted by Gasteiger charge is 2.16. The largest absolute Gasteiger partial charge is 0.305 e. The first kappa shape index (κ1) is 13.5. The van der Waals surface area contributed by atoms with Crippen LogP contribution in [0.3, 0.4) is 0 Å². The van der Waals surface area contributed by atoms with E-state index in [4.69, 9.17) is 6.42 Å². The van der Waals surface area contributed by atoms with Gasteiger partial charge < -0.3 is 10.2 Å². The average molecular weight is 196 g/mol. The summed E-state index contributed by atoms with van der Waals surface area (Å²) in [4.78, 5) is 2.36. The van der Waals surface area contributed by atoms with Gasteiger partial charge in [-0.15, -0.1) is 6.42 Å². The number of hydrogen-bond acceptors (Lipinski definition) is 2. The number of nitrogens with zero attached hydrogens (tertiary/aromatic N) is 1. The van der Waals surface area contributed by atoms with Gasteiger partial charge in [-0.1, -0.05) is 26.7 Å². The second-order valence-electron chi connectivity index (χ2n) is 5.16. The van der Waals surface area contributed by atoms with E-state index in [1.54, 1.807) is 0 Å². The molecule has 0 aromatic carbocycles. The van der Waals surface area contributed by atoms with Gasteiger partial charge in [0.1, 0.15) is 0 Å². The highest BCUT2D eigenvalue weighted by molar-refractivity contribution is 4.87. The Morgan fingerprint density at radius 2 is 2.00 bits per heavy atom. The molecule has 2 nitrogen and oxygen atoms in total. The molecule has 0 saturated carbocycles. The molecular weight excluding hydrogens is 172 g/mol. The topological polar surface area (TPSA) is 15.3 Å². The molecule has 0 aliphatic heterocycles. The van der Waals surface area contributed by atoms with Gasteiger partial charge in [0.15, 0.2) is 0 Å². The summed E-state index contributed by atoms with van der Waals surface area (Å²) < 4.78 is 0. The molecule has 0 aromatic rings. The summed E-state index contributed by atoms with van der Waals surface area (Å²) in [6.45, 7) is 11.7. The van der Waals surface area contributed by atoms with Crippen LogP contribution in [0.1, 0.15) is 27.7 Å². The van der Waals surface area contributed by atoms with Crippen molar-refractivity contribution < 1.29 is 0 Å². The lowest BCUT2D eigenvalue weighted by molar-refractivity contribution is 0.179. The molecule has 0 fully saturated rings. The van der Waals surface area contributed by atoms with Crippen molar-refractivity contribution in [2.75, 3.05) is 26.7 Å². The zero-order valence-electron chi connectivity index (χ0n) is 10.2. The van der Waals surface area contributed by atoms with Crippen LogP contribution in [0.4, 0.5) is 0 Å². The van der Waals surface area contributed by atoms with Crippen LogP contribution in [-0.2, 0) is 0 Å². The van der Waals surface area contributed by atoms with Crippen LogP contribution in [-0.4, -0.2) is 37.6 Å². The predicted octanol–water partition coefficient (Wildman–Crippen LogP) is 1.58. The van der Waals surface area contributed by atoms with Crippen LogP contribution >= 0.6 is 0 Å². The molecule has 0 aliphatic carbocycles. The smallest absolute Gasteiger partial charge is 0.0574 e. The van der Waals surface area contributed by atoms with Crippen LogP contribution in [0.15, 0.2) is 0 Å². The maximum atomic E-state index is 5.17. The minimum Gasteiger partial charge on any atom is -0.305 e. The lowest BCUT2D eigenvalue weighted by Crippen LogP contribution is -2.41. The fourth-order valence-corrected chi connectivity index (χ4v) is 1.41.